The molecule has 98 valence electrons. The Labute approximate surface area is 118 Å². The summed E-state index contributed by atoms with van der Waals surface area (Å²) in [5.41, 5.74) is 1.09. The fourth-order valence-corrected chi connectivity index (χ4v) is 1.97. The zero-order valence-electron chi connectivity index (χ0n) is 10.2. The average molecular weight is 322 g/mol. The van der Waals surface area contributed by atoms with E-state index in [1.54, 1.807) is 18.6 Å². The predicted octanol–water partition coefficient (Wildman–Crippen LogP) is 3.11. The minimum atomic E-state index is -1.02. The van der Waals surface area contributed by atoms with Gasteiger partial charge in [0, 0.05) is 23.1 Å². The molecule has 0 amide bonds. The number of nitrogens with zero attached hydrogens (tertiary/aromatic N) is 2. The number of aromatic carboxylic acids is 1. The molecular formula is C13H12BrN3O2. The molecule has 0 bridgehead atoms. The maximum absolute atomic E-state index is 11.2. The molecular weight excluding hydrogens is 310 g/mol. The van der Waals surface area contributed by atoms with E-state index in [2.05, 4.69) is 31.2 Å². The topological polar surface area (TPSA) is 75.1 Å². The van der Waals surface area contributed by atoms with E-state index in [1.807, 2.05) is 19.1 Å². The average Bonchev–Trinajstić information content (AvgIpc) is 2.41. The smallest absolute Gasteiger partial charge is 0.339 e. The second-order valence-corrected chi connectivity index (χ2v) is 4.92. The standard InChI is InChI=1S/C13H12BrN3O2/c1-8(9-3-2-4-15-6-9)17-12-11(13(18)19)5-10(14)7-16-12/h2-8H,1H3,(H,16,17)(H,18,19). The molecule has 0 saturated heterocycles. The Morgan fingerprint density at radius 1 is 1.47 bits per heavy atom. The van der Waals surface area contributed by atoms with Gasteiger partial charge >= 0.3 is 5.97 Å². The summed E-state index contributed by atoms with van der Waals surface area (Å²) in [4.78, 5) is 19.3. The van der Waals surface area contributed by atoms with Crippen molar-refractivity contribution in [2.45, 2.75) is 13.0 Å². The molecule has 0 aliphatic carbocycles. The molecule has 5 nitrogen and oxygen atoms in total. The van der Waals surface area contributed by atoms with Crippen LogP contribution >= 0.6 is 15.9 Å². The minimum absolute atomic E-state index is 0.0829. The number of carboxylic acids is 1. The van der Waals surface area contributed by atoms with Crippen molar-refractivity contribution in [3.05, 3.63) is 52.4 Å². The maximum Gasteiger partial charge on any atom is 0.339 e. The number of pyridine rings is 2. The van der Waals surface area contributed by atoms with Gasteiger partial charge < -0.3 is 10.4 Å². The number of rotatable bonds is 4. The summed E-state index contributed by atoms with van der Waals surface area (Å²) in [6.45, 7) is 1.92. The Balaban J connectivity index is 2.26. The number of carbonyl (C=O) groups is 1. The van der Waals surface area contributed by atoms with Crippen molar-refractivity contribution in [1.29, 1.82) is 0 Å². The lowest BCUT2D eigenvalue weighted by Gasteiger charge is -2.16. The number of anilines is 1. The SMILES string of the molecule is CC(Nc1ncc(Br)cc1C(=O)O)c1cccnc1. The van der Waals surface area contributed by atoms with Crippen molar-refractivity contribution in [1.82, 2.24) is 9.97 Å². The highest BCUT2D eigenvalue weighted by Gasteiger charge is 2.14. The Kier molecular flexibility index (Phi) is 4.11. The molecule has 0 fully saturated rings. The molecule has 0 aliphatic rings. The first-order chi connectivity index (χ1) is 9.08. The Hall–Kier alpha value is -1.95. The summed E-state index contributed by atoms with van der Waals surface area (Å²) in [6.07, 6.45) is 4.98. The van der Waals surface area contributed by atoms with Crippen LogP contribution in [0.3, 0.4) is 0 Å². The predicted molar refractivity (Wildman–Crippen MR) is 75.2 cm³/mol. The van der Waals surface area contributed by atoms with Crippen LogP contribution in [0.2, 0.25) is 0 Å². The number of nitrogens with one attached hydrogen (secondary N) is 1. The first kappa shape index (κ1) is 13.5. The summed E-state index contributed by atoms with van der Waals surface area (Å²) in [5.74, 6) is -0.679. The molecule has 1 unspecified atom stereocenters. The molecule has 0 spiro atoms. The lowest BCUT2D eigenvalue weighted by Crippen LogP contribution is -2.12. The summed E-state index contributed by atoms with van der Waals surface area (Å²) in [5, 5.41) is 12.2. The van der Waals surface area contributed by atoms with Gasteiger partial charge in [-0.3, -0.25) is 4.98 Å². The van der Waals surface area contributed by atoms with E-state index in [-0.39, 0.29) is 11.6 Å². The second kappa shape index (κ2) is 5.79. The van der Waals surface area contributed by atoms with E-state index in [1.165, 1.54) is 6.07 Å². The third-order valence-electron chi connectivity index (χ3n) is 2.62. The molecule has 0 saturated carbocycles. The number of hydrogen-bond acceptors (Lipinski definition) is 4. The van der Waals surface area contributed by atoms with Gasteiger partial charge in [0.05, 0.1) is 6.04 Å². The van der Waals surface area contributed by atoms with Gasteiger partial charge in [0.2, 0.25) is 0 Å². The van der Waals surface area contributed by atoms with Crippen LogP contribution in [0.1, 0.15) is 28.9 Å². The van der Waals surface area contributed by atoms with Gasteiger partial charge in [-0.2, -0.15) is 0 Å². The molecule has 0 aliphatic heterocycles. The highest BCUT2D eigenvalue weighted by molar-refractivity contribution is 9.10. The van der Waals surface area contributed by atoms with E-state index >= 15 is 0 Å². The monoisotopic (exact) mass is 321 g/mol. The lowest BCUT2D eigenvalue weighted by molar-refractivity contribution is 0.0697. The fourth-order valence-electron chi connectivity index (χ4n) is 1.64. The van der Waals surface area contributed by atoms with Gasteiger partial charge in [-0.25, -0.2) is 9.78 Å². The van der Waals surface area contributed by atoms with Crippen LogP contribution < -0.4 is 5.32 Å². The van der Waals surface area contributed by atoms with Crippen molar-refractivity contribution in [3.63, 3.8) is 0 Å². The van der Waals surface area contributed by atoms with Crippen LogP contribution in [0.15, 0.2) is 41.3 Å². The molecule has 1 atom stereocenters. The van der Waals surface area contributed by atoms with Crippen LogP contribution in [0.4, 0.5) is 5.82 Å². The molecule has 2 heterocycles. The van der Waals surface area contributed by atoms with Gasteiger partial charge in [-0.1, -0.05) is 6.07 Å². The first-order valence-corrected chi connectivity index (χ1v) is 6.42. The molecule has 0 aromatic carbocycles. The number of hydrogen-bond donors (Lipinski definition) is 2. The lowest BCUT2D eigenvalue weighted by atomic mass is 10.1. The van der Waals surface area contributed by atoms with Crippen molar-refractivity contribution >= 4 is 27.7 Å². The number of halogens is 1. The van der Waals surface area contributed by atoms with Crippen LogP contribution in [-0.2, 0) is 0 Å². The Morgan fingerprint density at radius 2 is 2.26 bits per heavy atom. The third kappa shape index (κ3) is 3.29. The van der Waals surface area contributed by atoms with Crippen LogP contribution in [0.5, 0.6) is 0 Å². The van der Waals surface area contributed by atoms with Crippen LogP contribution in [0, 0.1) is 0 Å². The van der Waals surface area contributed by atoms with Gasteiger partial charge in [0.1, 0.15) is 11.4 Å². The van der Waals surface area contributed by atoms with Crippen molar-refractivity contribution in [3.8, 4) is 0 Å². The van der Waals surface area contributed by atoms with Crippen molar-refractivity contribution in [2.75, 3.05) is 5.32 Å². The zero-order valence-corrected chi connectivity index (χ0v) is 11.8. The number of aromatic nitrogens is 2. The summed E-state index contributed by atoms with van der Waals surface area (Å²) < 4.78 is 0.629. The molecule has 0 radical (unpaired) electrons. The highest BCUT2D eigenvalue weighted by atomic mass is 79.9. The summed E-state index contributed by atoms with van der Waals surface area (Å²) >= 11 is 3.21. The van der Waals surface area contributed by atoms with E-state index in [9.17, 15) is 4.79 Å². The third-order valence-corrected chi connectivity index (χ3v) is 3.06. The van der Waals surface area contributed by atoms with E-state index in [0.29, 0.717) is 10.3 Å². The van der Waals surface area contributed by atoms with E-state index in [0.717, 1.165) is 5.56 Å². The molecule has 6 heteroatoms. The minimum Gasteiger partial charge on any atom is -0.478 e. The second-order valence-electron chi connectivity index (χ2n) is 4.01. The number of carboxylic acid groups (broad SMARTS) is 1. The quantitative estimate of drug-likeness (QED) is 0.905. The largest absolute Gasteiger partial charge is 0.478 e. The molecule has 2 aromatic heterocycles. The van der Waals surface area contributed by atoms with Crippen molar-refractivity contribution in [2.24, 2.45) is 0 Å². The summed E-state index contributed by atoms with van der Waals surface area (Å²) in [7, 11) is 0. The Morgan fingerprint density at radius 3 is 2.89 bits per heavy atom. The zero-order chi connectivity index (χ0) is 13.8. The Bertz CT molecular complexity index is 590. The first-order valence-electron chi connectivity index (χ1n) is 5.63. The molecule has 2 aromatic rings. The fraction of sp³-hybridized carbons (Fsp3) is 0.154. The van der Waals surface area contributed by atoms with E-state index in [4.69, 9.17) is 5.11 Å². The van der Waals surface area contributed by atoms with Crippen LogP contribution in [0.25, 0.3) is 0 Å². The van der Waals surface area contributed by atoms with Crippen LogP contribution in [-0.4, -0.2) is 21.0 Å². The van der Waals surface area contributed by atoms with E-state index < -0.39 is 5.97 Å². The molecule has 2 rings (SSSR count). The van der Waals surface area contributed by atoms with Gasteiger partial charge in [-0.05, 0) is 40.5 Å². The van der Waals surface area contributed by atoms with Gasteiger partial charge in [0.25, 0.3) is 0 Å². The van der Waals surface area contributed by atoms with Gasteiger partial charge in [-0.15, -0.1) is 0 Å². The maximum atomic E-state index is 11.2. The van der Waals surface area contributed by atoms with Gasteiger partial charge in [0.15, 0.2) is 0 Å². The highest BCUT2D eigenvalue weighted by Crippen LogP contribution is 2.22. The summed E-state index contributed by atoms with van der Waals surface area (Å²) in [6, 6.07) is 5.19. The molecule has 19 heavy (non-hydrogen) atoms. The normalized spacial score (nSPS) is 11.9. The molecule has 2 N–H and O–H groups in total. The van der Waals surface area contributed by atoms with Crippen molar-refractivity contribution < 1.29 is 9.90 Å².